The molecule has 1 aromatic heterocycles. The van der Waals surface area contributed by atoms with E-state index in [4.69, 9.17) is 11.6 Å². The van der Waals surface area contributed by atoms with E-state index in [1.54, 1.807) is 6.07 Å². The predicted molar refractivity (Wildman–Crippen MR) is 85.8 cm³/mol. The van der Waals surface area contributed by atoms with Crippen LogP contribution in [0.4, 0.5) is 0 Å². The lowest BCUT2D eigenvalue weighted by atomic mass is 9.94. The Hall–Kier alpha value is -1.13. The fraction of sp³-hybridized carbons (Fsp3) is 0.625. The molecule has 2 heterocycles. The summed E-state index contributed by atoms with van der Waals surface area (Å²) < 4.78 is 0. The Kier molecular flexibility index (Phi) is 5.59. The van der Waals surface area contributed by atoms with Crippen LogP contribution in [0, 0.1) is 5.92 Å². The molecule has 4 nitrogen and oxygen atoms in total. The average Bonchev–Trinajstić information content (AvgIpc) is 2.41. The maximum absolute atomic E-state index is 12.4. The molecule has 1 aliphatic heterocycles. The Labute approximate surface area is 131 Å². The SMILES string of the molecule is CCCc1cc(C(=O)NC2CCN(C)CC2C)cc(Cl)n1. The molecule has 1 saturated heterocycles. The topological polar surface area (TPSA) is 45.2 Å². The van der Waals surface area contributed by atoms with Crippen LogP contribution in [-0.2, 0) is 6.42 Å². The summed E-state index contributed by atoms with van der Waals surface area (Å²) in [6.45, 7) is 6.31. The van der Waals surface area contributed by atoms with Crippen molar-refractivity contribution in [2.45, 2.75) is 39.2 Å². The van der Waals surface area contributed by atoms with Gasteiger partial charge >= 0.3 is 0 Å². The third kappa shape index (κ3) is 4.42. The Morgan fingerprint density at radius 3 is 2.95 bits per heavy atom. The molecule has 0 spiro atoms. The number of pyridine rings is 1. The van der Waals surface area contributed by atoms with Gasteiger partial charge in [-0.25, -0.2) is 4.98 Å². The number of nitrogens with one attached hydrogen (secondary N) is 1. The molecule has 2 unspecified atom stereocenters. The van der Waals surface area contributed by atoms with Crippen molar-refractivity contribution in [2.24, 2.45) is 5.92 Å². The fourth-order valence-corrected chi connectivity index (χ4v) is 3.11. The number of nitrogens with zero attached hydrogens (tertiary/aromatic N) is 2. The molecule has 0 aromatic carbocycles. The van der Waals surface area contributed by atoms with Gasteiger partial charge in [0.05, 0.1) is 0 Å². The fourth-order valence-electron chi connectivity index (χ4n) is 2.89. The van der Waals surface area contributed by atoms with Crippen LogP contribution in [-0.4, -0.2) is 42.0 Å². The summed E-state index contributed by atoms with van der Waals surface area (Å²) in [7, 11) is 2.12. The van der Waals surface area contributed by atoms with E-state index >= 15 is 0 Å². The second-order valence-corrected chi connectivity index (χ2v) is 6.42. The zero-order valence-corrected chi connectivity index (χ0v) is 13.8. The highest BCUT2D eigenvalue weighted by atomic mass is 35.5. The molecule has 116 valence electrons. The van der Waals surface area contributed by atoms with Gasteiger partial charge in [-0.1, -0.05) is 31.9 Å². The van der Waals surface area contributed by atoms with E-state index in [1.165, 1.54) is 0 Å². The minimum Gasteiger partial charge on any atom is -0.349 e. The zero-order valence-electron chi connectivity index (χ0n) is 13.0. The van der Waals surface area contributed by atoms with Gasteiger partial charge in [-0.15, -0.1) is 0 Å². The third-order valence-electron chi connectivity index (χ3n) is 4.04. The second-order valence-electron chi connectivity index (χ2n) is 6.03. The van der Waals surface area contributed by atoms with E-state index in [0.29, 0.717) is 16.6 Å². The van der Waals surface area contributed by atoms with E-state index in [2.05, 4.69) is 36.1 Å². The van der Waals surface area contributed by atoms with Crippen molar-refractivity contribution in [1.82, 2.24) is 15.2 Å². The quantitative estimate of drug-likeness (QED) is 0.870. The number of hydrogen-bond acceptors (Lipinski definition) is 3. The molecule has 0 saturated carbocycles. The number of hydrogen-bond donors (Lipinski definition) is 1. The van der Waals surface area contributed by atoms with Crippen molar-refractivity contribution in [2.75, 3.05) is 20.1 Å². The summed E-state index contributed by atoms with van der Waals surface area (Å²) >= 11 is 6.02. The van der Waals surface area contributed by atoms with Crippen LogP contribution in [0.1, 0.15) is 42.7 Å². The predicted octanol–water partition coefficient (Wildman–Crippen LogP) is 2.76. The highest BCUT2D eigenvalue weighted by Gasteiger charge is 2.26. The first kappa shape index (κ1) is 16.2. The molecule has 2 atom stereocenters. The maximum atomic E-state index is 12.4. The van der Waals surface area contributed by atoms with Crippen LogP contribution in [0.25, 0.3) is 0 Å². The van der Waals surface area contributed by atoms with Gasteiger partial charge in [-0.3, -0.25) is 4.79 Å². The molecule has 2 rings (SSSR count). The van der Waals surface area contributed by atoms with E-state index < -0.39 is 0 Å². The lowest BCUT2D eigenvalue weighted by Gasteiger charge is -2.35. The van der Waals surface area contributed by atoms with Crippen molar-refractivity contribution < 1.29 is 4.79 Å². The lowest BCUT2D eigenvalue weighted by Crippen LogP contribution is -2.48. The van der Waals surface area contributed by atoms with Gasteiger partial charge in [-0.2, -0.15) is 0 Å². The number of rotatable bonds is 4. The summed E-state index contributed by atoms with van der Waals surface area (Å²) in [5.74, 6) is 0.415. The van der Waals surface area contributed by atoms with Crippen molar-refractivity contribution in [1.29, 1.82) is 0 Å². The molecular formula is C16H24ClN3O. The minimum absolute atomic E-state index is 0.0435. The normalized spacial score (nSPS) is 23.0. The molecule has 0 bridgehead atoms. The number of amides is 1. The molecule has 1 fully saturated rings. The van der Waals surface area contributed by atoms with Gasteiger partial charge in [0.15, 0.2) is 0 Å². The summed E-state index contributed by atoms with van der Waals surface area (Å²) in [6.07, 6.45) is 2.82. The van der Waals surface area contributed by atoms with E-state index in [1.807, 2.05) is 6.07 Å². The van der Waals surface area contributed by atoms with Crippen molar-refractivity contribution in [3.63, 3.8) is 0 Å². The molecule has 0 aliphatic carbocycles. The van der Waals surface area contributed by atoms with Crippen LogP contribution >= 0.6 is 11.6 Å². The van der Waals surface area contributed by atoms with Crippen LogP contribution in [0.3, 0.4) is 0 Å². The average molecular weight is 310 g/mol. The second kappa shape index (κ2) is 7.23. The van der Waals surface area contributed by atoms with Crippen LogP contribution < -0.4 is 5.32 Å². The van der Waals surface area contributed by atoms with Gasteiger partial charge < -0.3 is 10.2 Å². The van der Waals surface area contributed by atoms with Crippen LogP contribution in [0.5, 0.6) is 0 Å². The monoisotopic (exact) mass is 309 g/mol. The molecule has 1 N–H and O–H groups in total. The summed E-state index contributed by atoms with van der Waals surface area (Å²) in [5.41, 5.74) is 1.50. The Balaban J connectivity index is 2.06. The first-order valence-electron chi connectivity index (χ1n) is 7.65. The van der Waals surface area contributed by atoms with Gasteiger partial charge in [-0.05, 0) is 44.5 Å². The Morgan fingerprint density at radius 2 is 2.29 bits per heavy atom. The number of aromatic nitrogens is 1. The van der Waals surface area contributed by atoms with Gasteiger partial charge in [0.1, 0.15) is 5.15 Å². The van der Waals surface area contributed by atoms with Crippen LogP contribution in [0.2, 0.25) is 5.15 Å². The van der Waals surface area contributed by atoms with E-state index in [9.17, 15) is 4.79 Å². The molecule has 5 heteroatoms. The number of likely N-dealkylation sites (tertiary alicyclic amines) is 1. The summed E-state index contributed by atoms with van der Waals surface area (Å²) in [5, 5.41) is 3.54. The summed E-state index contributed by atoms with van der Waals surface area (Å²) in [4.78, 5) is 19.0. The van der Waals surface area contributed by atoms with Gasteiger partial charge in [0.2, 0.25) is 0 Å². The number of halogens is 1. The minimum atomic E-state index is -0.0435. The van der Waals surface area contributed by atoms with Crippen LogP contribution in [0.15, 0.2) is 12.1 Å². The third-order valence-corrected chi connectivity index (χ3v) is 4.23. The molecule has 21 heavy (non-hydrogen) atoms. The van der Waals surface area contributed by atoms with Gasteiger partial charge in [0.25, 0.3) is 5.91 Å². The smallest absolute Gasteiger partial charge is 0.251 e. The van der Waals surface area contributed by atoms with Crippen molar-refractivity contribution >= 4 is 17.5 Å². The first-order chi connectivity index (χ1) is 9.99. The first-order valence-corrected chi connectivity index (χ1v) is 8.03. The lowest BCUT2D eigenvalue weighted by molar-refractivity contribution is 0.0883. The highest BCUT2D eigenvalue weighted by molar-refractivity contribution is 6.29. The van der Waals surface area contributed by atoms with Gasteiger partial charge in [0, 0.05) is 23.8 Å². The molecule has 0 radical (unpaired) electrons. The van der Waals surface area contributed by atoms with E-state index in [0.717, 1.165) is 38.0 Å². The van der Waals surface area contributed by atoms with E-state index in [-0.39, 0.29) is 11.9 Å². The number of piperidine rings is 1. The maximum Gasteiger partial charge on any atom is 0.251 e. The standard InChI is InChI=1S/C16H24ClN3O/c1-4-5-13-8-12(9-15(17)18-13)16(21)19-14-6-7-20(3)10-11(14)2/h8-9,11,14H,4-7,10H2,1-3H3,(H,19,21). The molecular weight excluding hydrogens is 286 g/mol. The summed E-state index contributed by atoms with van der Waals surface area (Å²) in [6, 6.07) is 3.73. The highest BCUT2D eigenvalue weighted by Crippen LogP contribution is 2.17. The number of aryl methyl sites for hydroxylation is 1. The number of carbonyl (C=O) groups is 1. The zero-order chi connectivity index (χ0) is 15.4. The Bertz CT molecular complexity index is 506. The molecule has 1 aliphatic rings. The number of carbonyl (C=O) groups excluding carboxylic acids is 1. The molecule has 1 amide bonds. The largest absolute Gasteiger partial charge is 0.349 e. The molecule has 1 aromatic rings. The van der Waals surface area contributed by atoms with Crippen molar-refractivity contribution in [3.8, 4) is 0 Å². The van der Waals surface area contributed by atoms with Crippen molar-refractivity contribution in [3.05, 3.63) is 28.5 Å². The Morgan fingerprint density at radius 1 is 1.52 bits per heavy atom.